The molecule has 0 aliphatic carbocycles. The van der Waals surface area contributed by atoms with E-state index in [1.807, 2.05) is 57.2 Å². The van der Waals surface area contributed by atoms with E-state index < -0.39 is 21.6 Å². The van der Waals surface area contributed by atoms with Crippen molar-refractivity contribution in [3.8, 4) is 6.07 Å². The Kier molecular flexibility index (Phi) is 8.74. The number of nitrogens with one attached hydrogen (secondary N) is 2. The predicted octanol–water partition coefficient (Wildman–Crippen LogP) is 4.67. The first-order valence-electron chi connectivity index (χ1n) is 13.1. The predicted molar refractivity (Wildman–Crippen MR) is 153 cm³/mol. The fourth-order valence-corrected chi connectivity index (χ4v) is 7.54. The molecular weight excluding hydrogens is 532 g/mol. The summed E-state index contributed by atoms with van der Waals surface area (Å²) in [6, 6.07) is 17.1. The summed E-state index contributed by atoms with van der Waals surface area (Å²) in [6.07, 6.45) is 2.02. The second kappa shape index (κ2) is 11.9. The first kappa shape index (κ1) is 28.7. The SMILES string of the molecule is CC(C)C[C@H](NC(=O)c1cc2ccccc2s1)C(=O)NC1(C)CCCN(S(=O)(=O)c2ccccc2C#N)CC1. The minimum atomic E-state index is -3.85. The van der Waals surface area contributed by atoms with Crippen LogP contribution in [0, 0.1) is 17.2 Å². The van der Waals surface area contributed by atoms with Crippen LogP contribution in [-0.4, -0.2) is 49.2 Å². The zero-order chi connectivity index (χ0) is 28.2. The fourth-order valence-electron chi connectivity index (χ4n) is 4.95. The molecule has 1 unspecified atom stereocenters. The molecule has 39 heavy (non-hydrogen) atoms. The van der Waals surface area contributed by atoms with E-state index in [9.17, 15) is 23.3 Å². The molecule has 2 heterocycles. The van der Waals surface area contributed by atoms with Gasteiger partial charge in [0.1, 0.15) is 12.1 Å². The molecule has 1 aliphatic heterocycles. The van der Waals surface area contributed by atoms with Crippen LogP contribution in [0.2, 0.25) is 0 Å². The number of fused-ring (bicyclic) bond motifs is 1. The van der Waals surface area contributed by atoms with Gasteiger partial charge in [-0.25, -0.2) is 8.42 Å². The van der Waals surface area contributed by atoms with Crippen LogP contribution in [0.1, 0.15) is 61.7 Å². The molecule has 2 N–H and O–H groups in total. The Morgan fingerprint density at radius 2 is 1.82 bits per heavy atom. The summed E-state index contributed by atoms with van der Waals surface area (Å²) in [7, 11) is -3.85. The molecule has 0 spiro atoms. The zero-order valence-corrected chi connectivity index (χ0v) is 24.1. The van der Waals surface area contributed by atoms with Crippen molar-refractivity contribution in [1.29, 1.82) is 5.26 Å². The first-order valence-corrected chi connectivity index (χ1v) is 15.4. The molecule has 206 valence electrons. The lowest BCUT2D eigenvalue weighted by Gasteiger charge is -2.32. The van der Waals surface area contributed by atoms with Crippen molar-refractivity contribution in [1.82, 2.24) is 14.9 Å². The van der Waals surface area contributed by atoms with E-state index in [0.717, 1.165) is 10.1 Å². The van der Waals surface area contributed by atoms with Gasteiger partial charge >= 0.3 is 0 Å². The van der Waals surface area contributed by atoms with Crippen LogP contribution in [0.15, 0.2) is 59.5 Å². The minimum absolute atomic E-state index is 0.00101. The number of hydrogen-bond acceptors (Lipinski definition) is 6. The number of nitrogens with zero attached hydrogens (tertiary/aromatic N) is 2. The highest BCUT2D eigenvalue weighted by Gasteiger charge is 2.36. The summed E-state index contributed by atoms with van der Waals surface area (Å²) >= 11 is 1.39. The average molecular weight is 567 g/mol. The van der Waals surface area contributed by atoms with Crippen molar-refractivity contribution in [2.45, 2.75) is 62.9 Å². The van der Waals surface area contributed by atoms with Crippen molar-refractivity contribution < 1.29 is 18.0 Å². The molecule has 1 aliphatic rings. The van der Waals surface area contributed by atoms with E-state index in [1.165, 1.54) is 27.8 Å². The third-order valence-corrected chi connectivity index (χ3v) is 10.1. The topological polar surface area (TPSA) is 119 Å². The third kappa shape index (κ3) is 6.67. The highest BCUT2D eigenvalue weighted by atomic mass is 32.2. The molecule has 10 heteroatoms. The number of carbonyl (C=O) groups excluding carboxylic acids is 2. The van der Waals surface area contributed by atoms with E-state index >= 15 is 0 Å². The molecule has 2 amide bonds. The molecule has 2 atom stereocenters. The summed E-state index contributed by atoms with van der Waals surface area (Å²) in [5.41, 5.74) is -0.531. The van der Waals surface area contributed by atoms with Gasteiger partial charge < -0.3 is 10.6 Å². The summed E-state index contributed by atoms with van der Waals surface area (Å²) in [4.78, 5) is 27.2. The second-order valence-electron chi connectivity index (χ2n) is 10.7. The number of amides is 2. The van der Waals surface area contributed by atoms with Gasteiger partial charge in [0.15, 0.2) is 0 Å². The van der Waals surface area contributed by atoms with Gasteiger partial charge in [-0.2, -0.15) is 9.57 Å². The van der Waals surface area contributed by atoms with Crippen molar-refractivity contribution in [2.24, 2.45) is 5.92 Å². The maximum absolute atomic E-state index is 13.5. The number of rotatable bonds is 8. The lowest BCUT2D eigenvalue weighted by atomic mass is 9.92. The quantitative estimate of drug-likeness (QED) is 0.411. The highest BCUT2D eigenvalue weighted by molar-refractivity contribution is 7.89. The Bertz CT molecular complexity index is 1480. The number of thiophene rings is 1. The molecule has 1 fully saturated rings. The van der Waals surface area contributed by atoms with Crippen molar-refractivity contribution in [3.05, 3.63) is 65.0 Å². The van der Waals surface area contributed by atoms with Gasteiger partial charge in [-0.05, 0) is 68.2 Å². The van der Waals surface area contributed by atoms with Gasteiger partial charge in [0.25, 0.3) is 5.91 Å². The zero-order valence-electron chi connectivity index (χ0n) is 22.4. The Morgan fingerprint density at radius 3 is 2.54 bits per heavy atom. The van der Waals surface area contributed by atoms with Crippen LogP contribution in [0.3, 0.4) is 0 Å². The smallest absolute Gasteiger partial charge is 0.262 e. The lowest BCUT2D eigenvalue weighted by Crippen LogP contribution is -2.55. The third-order valence-electron chi connectivity index (χ3n) is 7.08. The van der Waals surface area contributed by atoms with Gasteiger partial charge in [0.05, 0.1) is 15.3 Å². The molecule has 2 aromatic carbocycles. The molecule has 0 bridgehead atoms. The van der Waals surface area contributed by atoms with E-state index in [4.69, 9.17) is 0 Å². The summed E-state index contributed by atoms with van der Waals surface area (Å²) < 4.78 is 29.1. The van der Waals surface area contributed by atoms with Gasteiger partial charge in [-0.1, -0.05) is 44.2 Å². The normalized spacial score (nSPS) is 19.3. The minimum Gasteiger partial charge on any atom is -0.349 e. The van der Waals surface area contributed by atoms with Crippen LogP contribution < -0.4 is 10.6 Å². The van der Waals surface area contributed by atoms with Gasteiger partial charge in [-0.3, -0.25) is 9.59 Å². The van der Waals surface area contributed by atoms with Crippen LogP contribution in [0.5, 0.6) is 0 Å². The van der Waals surface area contributed by atoms with Crippen molar-refractivity contribution >= 4 is 43.3 Å². The van der Waals surface area contributed by atoms with Crippen molar-refractivity contribution in [3.63, 3.8) is 0 Å². The number of hydrogen-bond donors (Lipinski definition) is 2. The first-order chi connectivity index (χ1) is 18.5. The molecule has 3 aromatic rings. The Labute approximate surface area is 234 Å². The largest absolute Gasteiger partial charge is 0.349 e. The van der Waals surface area contributed by atoms with Crippen LogP contribution in [0.4, 0.5) is 0 Å². The summed E-state index contributed by atoms with van der Waals surface area (Å²) in [6.45, 7) is 6.43. The number of nitriles is 1. The Balaban J connectivity index is 1.46. The fraction of sp³-hybridized carbons (Fsp3) is 0.414. The standard InChI is InChI=1S/C29H34N4O4S2/c1-20(2)17-23(31-28(35)25-18-21-9-4-6-11-24(21)38-25)27(34)32-29(3)13-8-15-33(16-14-29)39(36,37)26-12-7-5-10-22(26)19-30/h4-7,9-12,18,20,23H,8,13-17H2,1-3H3,(H,31,35)(H,32,34)/t23-,29?/m0/s1. The maximum atomic E-state index is 13.5. The van der Waals surface area contributed by atoms with Crippen LogP contribution in [-0.2, 0) is 14.8 Å². The van der Waals surface area contributed by atoms with Gasteiger partial charge in [0.2, 0.25) is 15.9 Å². The van der Waals surface area contributed by atoms with Crippen molar-refractivity contribution in [2.75, 3.05) is 13.1 Å². The molecule has 0 saturated carbocycles. The number of sulfonamides is 1. The summed E-state index contributed by atoms with van der Waals surface area (Å²) in [5, 5.41) is 16.5. The Morgan fingerprint density at radius 1 is 1.10 bits per heavy atom. The molecule has 4 rings (SSSR count). The second-order valence-corrected chi connectivity index (χ2v) is 13.7. The Hall–Kier alpha value is -3.26. The molecule has 1 aromatic heterocycles. The van der Waals surface area contributed by atoms with E-state index in [2.05, 4.69) is 10.6 Å². The molecule has 8 nitrogen and oxygen atoms in total. The van der Waals surface area contributed by atoms with Gasteiger partial charge in [-0.15, -0.1) is 11.3 Å². The van der Waals surface area contributed by atoms with E-state index in [-0.39, 0.29) is 34.7 Å². The average Bonchev–Trinajstić information content (AvgIpc) is 3.24. The van der Waals surface area contributed by atoms with Crippen LogP contribution in [0.25, 0.3) is 10.1 Å². The highest BCUT2D eigenvalue weighted by Crippen LogP contribution is 2.28. The maximum Gasteiger partial charge on any atom is 0.262 e. The number of carbonyl (C=O) groups is 2. The lowest BCUT2D eigenvalue weighted by molar-refractivity contribution is -0.125. The molecule has 1 saturated heterocycles. The van der Waals surface area contributed by atoms with E-state index in [0.29, 0.717) is 37.1 Å². The monoisotopic (exact) mass is 566 g/mol. The number of benzene rings is 2. The molecule has 0 radical (unpaired) electrons. The van der Waals surface area contributed by atoms with Gasteiger partial charge in [0, 0.05) is 23.3 Å². The van der Waals surface area contributed by atoms with E-state index in [1.54, 1.807) is 12.1 Å². The molecular formula is C29H34N4O4S2. The van der Waals surface area contributed by atoms with Crippen LogP contribution >= 0.6 is 11.3 Å². The summed E-state index contributed by atoms with van der Waals surface area (Å²) in [5.74, 6) is -0.380.